The first kappa shape index (κ1) is 12.9. The van der Waals surface area contributed by atoms with Gasteiger partial charge in [0, 0.05) is 14.2 Å². The van der Waals surface area contributed by atoms with Crippen molar-refractivity contribution in [2.75, 3.05) is 14.2 Å². The zero-order valence-electron chi connectivity index (χ0n) is 8.75. The fourth-order valence-corrected chi connectivity index (χ4v) is 1.23. The lowest BCUT2D eigenvalue weighted by Gasteiger charge is -2.12. The van der Waals surface area contributed by atoms with Gasteiger partial charge in [0.1, 0.15) is 5.75 Å². The summed E-state index contributed by atoms with van der Waals surface area (Å²) in [4.78, 5) is 0. The monoisotopic (exact) mass is 234 g/mol. The summed E-state index contributed by atoms with van der Waals surface area (Å²) in [7, 11) is 2.08. The highest BCUT2D eigenvalue weighted by molar-refractivity contribution is 6.61. The molecule has 3 nitrogen and oxygen atoms in total. The summed E-state index contributed by atoms with van der Waals surface area (Å²) in [6, 6.07) is 5.44. The second kappa shape index (κ2) is 5.22. The highest BCUT2D eigenvalue weighted by Crippen LogP contribution is 2.21. The van der Waals surface area contributed by atoms with Gasteiger partial charge < -0.3 is 14.0 Å². The van der Waals surface area contributed by atoms with E-state index in [1.807, 2.05) is 0 Å². The molecule has 1 aromatic carbocycles. The van der Waals surface area contributed by atoms with Crippen LogP contribution in [-0.2, 0) is 9.31 Å². The summed E-state index contributed by atoms with van der Waals surface area (Å²) in [5, 5.41) is 0. The van der Waals surface area contributed by atoms with Gasteiger partial charge in [-0.2, -0.15) is 0 Å². The minimum absolute atomic E-state index is 0.302. The Morgan fingerprint density at radius 2 is 1.75 bits per heavy atom. The van der Waals surface area contributed by atoms with Crippen LogP contribution in [0.4, 0.5) is 13.2 Å². The van der Waals surface area contributed by atoms with E-state index in [0.29, 0.717) is 5.46 Å². The van der Waals surface area contributed by atoms with Crippen molar-refractivity contribution in [1.29, 1.82) is 0 Å². The summed E-state index contributed by atoms with van der Waals surface area (Å²) in [5.41, 5.74) is 0.451. The van der Waals surface area contributed by atoms with Crippen molar-refractivity contribution >= 4 is 12.6 Å². The summed E-state index contributed by atoms with van der Waals surface area (Å²) in [6.07, 6.45) is -4.70. The normalized spacial score (nSPS) is 11.3. The van der Waals surface area contributed by atoms with Gasteiger partial charge >= 0.3 is 13.5 Å². The third-order valence-corrected chi connectivity index (χ3v) is 1.79. The van der Waals surface area contributed by atoms with E-state index in [1.54, 1.807) is 6.07 Å². The Morgan fingerprint density at radius 1 is 1.12 bits per heavy atom. The Bertz CT molecular complexity index is 339. The maximum absolute atomic E-state index is 12.0. The average Bonchev–Trinajstić information content (AvgIpc) is 2.17. The first-order chi connectivity index (χ1) is 7.46. The predicted octanol–water partition coefficient (Wildman–Crippen LogP) is 1.57. The highest BCUT2D eigenvalue weighted by atomic mass is 19.4. The first-order valence-electron chi connectivity index (χ1n) is 4.37. The van der Waals surface area contributed by atoms with Gasteiger partial charge in [0.15, 0.2) is 0 Å². The van der Waals surface area contributed by atoms with Crippen molar-refractivity contribution in [2.24, 2.45) is 0 Å². The molecule has 0 heterocycles. The van der Waals surface area contributed by atoms with Crippen molar-refractivity contribution in [3.05, 3.63) is 24.3 Å². The molecule has 1 aromatic rings. The number of hydrogen-bond acceptors (Lipinski definition) is 3. The molecule has 0 N–H and O–H groups in total. The molecule has 0 amide bonds. The Morgan fingerprint density at radius 3 is 2.25 bits per heavy atom. The van der Waals surface area contributed by atoms with Gasteiger partial charge in [-0.1, -0.05) is 12.1 Å². The van der Waals surface area contributed by atoms with E-state index in [9.17, 15) is 13.2 Å². The van der Waals surface area contributed by atoms with Gasteiger partial charge in [-0.15, -0.1) is 13.2 Å². The van der Waals surface area contributed by atoms with Crippen molar-refractivity contribution < 1.29 is 27.2 Å². The zero-order chi connectivity index (χ0) is 12.2. The molecule has 0 spiro atoms. The molecule has 0 aliphatic heterocycles. The number of rotatable bonds is 4. The molecule has 0 fully saturated rings. The standard InChI is InChI=1S/C9H10BF3O3/c1-14-10(15-2)7-4-3-5-8(6-7)16-9(11,12)13/h3-6H,1-2H3. The van der Waals surface area contributed by atoms with Crippen LogP contribution in [0.2, 0.25) is 0 Å². The van der Waals surface area contributed by atoms with Crippen LogP contribution in [0, 0.1) is 0 Å². The molecular formula is C9H10BF3O3. The number of alkyl halides is 3. The number of ether oxygens (including phenoxy) is 1. The molecule has 0 unspecified atom stereocenters. The molecular weight excluding hydrogens is 224 g/mol. The molecule has 0 aliphatic rings. The first-order valence-corrected chi connectivity index (χ1v) is 4.37. The Balaban J connectivity index is 2.86. The molecule has 0 saturated heterocycles. The number of benzene rings is 1. The number of hydrogen-bond donors (Lipinski definition) is 0. The van der Waals surface area contributed by atoms with Crippen molar-refractivity contribution in [2.45, 2.75) is 6.36 Å². The Kier molecular flexibility index (Phi) is 4.20. The molecule has 0 aromatic heterocycles. The molecule has 7 heteroatoms. The van der Waals surface area contributed by atoms with E-state index in [1.165, 1.54) is 32.4 Å². The van der Waals surface area contributed by atoms with Crippen LogP contribution in [0.1, 0.15) is 0 Å². The summed E-state index contributed by atoms with van der Waals surface area (Å²) in [5.74, 6) is -0.302. The second-order valence-electron chi connectivity index (χ2n) is 2.92. The van der Waals surface area contributed by atoms with Crippen LogP contribution in [0.5, 0.6) is 5.75 Å². The van der Waals surface area contributed by atoms with Gasteiger partial charge in [0.2, 0.25) is 0 Å². The Labute approximate surface area is 91.3 Å². The molecule has 0 saturated carbocycles. The molecule has 88 valence electrons. The van der Waals surface area contributed by atoms with Crippen LogP contribution < -0.4 is 10.2 Å². The van der Waals surface area contributed by atoms with E-state index in [2.05, 4.69) is 4.74 Å². The SMILES string of the molecule is COB(OC)c1cccc(OC(F)(F)F)c1. The minimum atomic E-state index is -4.70. The summed E-state index contributed by atoms with van der Waals surface area (Å²) in [6.45, 7) is 0. The van der Waals surface area contributed by atoms with E-state index in [0.717, 1.165) is 0 Å². The van der Waals surface area contributed by atoms with Crippen molar-refractivity contribution in [3.8, 4) is 5.75 Å². The smallest absolute Gasteiger partial charge is 0.410 e. The second-order valence-corrected chi connectivity index (χ2v) is 2.92. The van der Waals surface area contributed by atoms with E-state index in [-0.39, 0.29) is 5.75 Å². The van der Waals surface area contributed by atoms with Gasteiger partial charge in [-0.05, 0) is 17.6 Å². The quantitative estimate of drug-likeness (QED) is 0.740. The third kappa shape index (κ3) is 3.75. The molecule has 0 bridgehead atoms. The average molecular weight is 234 g/mol. The summed E-state index contributed by atoms with van der Waals surface area (Å²) >= 11 is 0. The van der Waals surface area contributed by atoms with Gasteiger partial charge in [-0.3, -0.25) is 0 Å². The molecule has 0 aliphatic carbocycles. The van der Waals surface area contributed by atoms with E-state index >= 15 is 0 Å². The van der Waals surface area contributed by atoms with Gasteiger partial charge in [-0.25, -0.2) is 0 Å². The van der Waals surface area contributed by atoms with Crippen LogP contribution in [-0.4, -0.2) is 27.7 Å². The third-order valence-electron chi connectivity index (χ3n) is 1.79. The van der Waals surface area contributed by atoms with Crippen LogP contribution in [0.25, 0.3) is 0 Å². The van der Waals surface area contributed by atoms with Gasteiger partial charge in [0.05, 0.1) is 0 Å². The lowest BCUT2D eigenvalue weighted by atomic mass is 9.79. The van der Waals surface area contributed by atoms with Gasteiger partial charge in [0.25, 0.3) is 0 Å². The summed E-state index contributed by atoms with van der Waals surface area (Å²) < 4.78 is 49.5. The maximum Gasteiger partial charge on any atom is 0.573 e. The largest absolute Gasteiger partial charge is 0.573 e. The molecule has 1 rings (SSSR count). The minimum Gasteiger partial charge on any atom is -0.410 e. The van der Waals surface area contributed by atoms with Crippen LogP contribution >= 0.6 is 0 Å². The van der Waals surface area contributed by atoms with Crippen molar-refractivity contribution in [3.63, 3.8) is 0 Å². The lowest BCUT2D eigenvalue weighted by Crippen LogP contribution is -2.34. The number of halogens is 3. The molecule has 0 radical (unpaired) electrons. The molecule has 16 heavy (non-hydrogen) atoms. The van der Waals surface area contributed by atoms with Crippen LogP contribution in [0.15, 0.2) is 24.3 Å². The van der Waals surface area contributed by atoms with Crippen molar-refractivity contribution in [1.82, 2.24) is 0 Å². The molecule has 0 atom stereocenters. The fourth-order valence-electron chi connectivity index (χ4n) is 1.23. The lowest BCUT2D eigenvalue weighted by molar-refractivity contribution is -0.274. The zero-order valence-corrected chi connectivity index (χ0v) is 8.75. The fraction of sp³-hybridized carbons (Fsp3) is 0.333. The van der Waals surface area contributed by atoms with Crippen LogP contribution in [0.3, 0.4) is 0 Å². The maximum atomic E-state index is 12.0. The topological polar surface area (TPSA) is 27.7 Å². The Hall–Kier alpha value is -1.21. The van der Waals surface area contributed by atoms with E-state index < -0.39 is 13.5 Å². The van der Waals surface area contributed by atoms with E-state index in [4.69, 9.17) is 9.31 Å². The predicted molar refractivity (Wildman–Crippen MR) is 52.5 cm³/mol. The highest BCUT2D eigenvalue weighted by Gasteiger charge is 2.31.